The van der Waals surface area contributed by atoms with Gasteiger partial charge in [0.15, 0.2) is 10.4 Å². The Morgan fingerprint density at radius 3 is 2.40 bits per heavy atom. The van der Waals surface area contributed by atoms with Gasteiger partial charge >= 0.3 is 5.97 Å². The number of carbonyl (C=O) groups excluding carboxylic acids is 1. The lowest BCUT2D eigenvalue weighted by molar-refractivity contribution is 0.0698. The number of hydrogen-bond donors (Lipinski definition) is 2. The standard InChI is InChI=1S/C12H6Br3NO4/c13-5-3-6(12(18)19)10(7(14)4-5)16-11(17)8-1-2-9(15)20-8/h1-4H,(H,16,17)(H,18,19). The fourth-order valence-electron chi connectivity index (χ4n) is 1.48. The minimum Gasteiger partial charge on any atom is -0.478 e. The number of nitrogens with one attached hydrogen (secondary N) is 1. The SMILES string of the molecule is O=C(Nc1c(Br)cc(Br)cc1C(=O)O)c1ccc(Br)o1. The Hall–Kier alpha value is -1.12. The first-order valence-corrected chi connectivity index (χ1v) is 7.55. The quantitative estimate of drug-likeness (QED) is 0.695. The van der Waals surface area contributed by atoms with E-state index in [1.807, 2.05) is 0 Å². The van der Waals surface area contributed by atoms with Crippen LogP contribution in [0.15, 0.2) is 42.3 Å². The van der Waals surface area contributed by atoms with Crippen molar-refractivity contribution in [3.8, 4) is 0 Å². The summed E-state index contributed by atoms with van der Waals surface area (Å²) in [5.74, 6) is -1.62. The lowest BCUT2D eigenvalue weighted by atomic mass is 10.2. The van der Waals surface area contributed by atoms with Gasteiger partial charge in [-0.05, 0) is 56.1 Å². The van der Waals surface area contributed by atoms with E-state index in [0.717, 1.165) is 0 Å². The number of halogens is 3. The predicted octanol–water partition coefficient (Wildman–Crippen LogP) is 4.52. The van der Waals surface area contributed by atoms with Gasteiger partial charge in [-0.3, -0.25) is 4.79 Å². The molecule has 0 aliphatic heterocycles. The van der Waals surface area contributed by atoms with Gasteiger partial charge in [-0.15, -0.1) is 0 Å². The van der Waals surface area contributed by atoms with Gasteiger partial charge in [0, 0.05) is 8.95 Å². The third kappa shape index (κ3) is 3.31. The molecule has 1 aromatic carbocycles. The maximum Gasteiger partial charge on any atom is 0.337 e. The zero-order valence-electron chi connectivity index (χ0n) is 9.62. The van der Waals surface area contributed by atoms with Crippen LogP contribution in [0.3, 0.4) is 0 Å². The second-order valence-electron chi connectivity index (χ2n) is 3.67. The molecule has 0 unspecified atom stereocenters. The molecule has 1 aromatic heterocycles. The normalized spacial score (nSPS) is 10.3. The average Bonchev–Trinajstić information content (AvgIpc) is 2.78. The fraction of sp³-hybridized carbons (Fsp3) is 0. The summed E-state index contributed by atoms with van der Waals surface area (Å²) in [5.41, 5.74) is 0.128. The third-order valence-electron chi connectivity index (χ3n) is 2.32. The van der Waals surface area contributed by atoms with Crippen LogP contribution in [0.25, 0.3) is 0 Å². The fourth-order valence-corrected chi connectivity index (χ4v) is 3.11. The molecule has 8 heteroatoms. The Kier molecular flexibility index (Phi) is 4.66. The molecule has 2 N–H and O–H groups in total. The number of furan rings is 1. The molecule has 0 atom stereocenters. The van der Waals surface area contributed by atoms with Gasteiger partial charge in [-0.25, -0.2) is 4.79 Å². The first-order chi connectivity index (χ1) is 9.38. The number of hydrogen-bond acceptors (Lipinski definition) is 3. The zero-order chi connectivity index (χ0) is 14.9. The van der Waals surface area contributed by atoms with Crippen molar-refractivity contribution >= 4 is 65.4 Å². The lowest BCUT2D eigenvalue weighted by Crippen LogP contribution is -2.14. The molecule has 2 aromatic rings. The van der Waals surface area contributed by atoms with Crippen molar-refractivity contribution in [2.75, 3.05) is 5.32 Å². The highest BCUT2D eigenvalue weighted by molar-refractivity contribution is 9.11. The summed E-state index contributed by atoms with van der Waals surface area (Å²) in [6.45, 7) is 0. The highest BCUT2D eigenvalue weighted by Gasteiger charge is 2.19. The number of carboxylic acid groups (broad SMARTS) is 1. The van der Waals surface area contributed by atoms with Gasteiger partial charge in [-0.1, -0.05) is 15.9 Å². The van der Waals surface area contributed by atoms with Gasteiger partial charge in [0.1, 0.15) is 0 Å². The van der Waals surface area contributed by atoms with E-state index in [-0.39, 0.29) is 17.0 Å². The molecule has 5 nitrogen and oxygen atoms in total. The molecule has 1 heterocycles. The van der Waals surface area contributed by atoms with E-state index >= 15 is 0 Å². The van der Waals surface area contributed by atoms with E-state index < -0.39 is 11.9 Å². The van der Waals surface area contributed by atoms with Crippen molar-refractivity contribution in [1.82, 2.24) is 0 Å². The third-order valence-corrected chi connectivity index (χ3v) is 3.83. The molecule has 1 amide bonds. The summed E-state index contributed by atoms with van der Waals surface area (Å²) < 4.78 is 6.56. The number of amides is 1. The Bertz CT molecular complexity index is 696. The number of rotatable bonds is 3. The van der Waals surface area contributed by atoms with Gasteiger partial charge in [0.05, 0.1) is 11.3 Å². The Balaban J connectivity index is 2.38. The Morgan fingerprint density at radius 1 is 1.15 bits per heavy atom. The van der Waals surface area contributed by atoms with Crippen LogP contribution in [0.5, 0.6) is 0 Å². The van der Waals surface area contributed by atoms with Crippen LogP contribution in [0.2, 0.25) is 0 Å². The summed E-state index contributed by atoms with van der Waals surface area (Å²) in [7, 11) is 0. The van der Waals surface area contributed by atoms with E-state index in [2.05, 4.69) is 53.1 Å². The first kappa shape index (κ1) is 15.3. The topological polar surface area (TPSA) is 79.5 Å². The average molecular weight is 468 g/mol. The number of aromatic carboxylic acids is 1. The molecule has 20 heavy (non-hydrogen) atoms. The van der Waals surface area contributed by atoms with Gasteiger partial charge in [0.2, 0.25) is 0 Å². The Labute approximate surface area is 138 Å². The number of anilines is 1. The minimum atomic E-state index is -1.15. The highest BCUT2D eigenvalue weighted by Crippen LogP contribution is 2.31. The summed E-state index contributed by atoms with van der Waals surface area (Å²) in [6, 6.07) is 6.09. The van der Waals surface area contributed by atoms with Crippen molar-refractivity contribution in [2.24, 2.45) is 0 Å². The van der Waals surface area contributed by atoms with Crippen LogP contribution in [0.4, 0.5) is 5.69 Å². The van der Waals surface area contributed by atoms with E-state index in [0.29, 0.717) is 13.6 Å². The van der Waals surface area contributed by atoms with E-state index in [1.165, 1.54) is 12.1 Å². The molecule has 0 spiro atoms. The predicted molar refractivity (Wildman–Crippen MR) is 83.2 cm³/mol. The molecule has 0 saturated heterocycles. The van der Waals surface area contributed by atoms with Crippen LogP contribution in [-0.2, 0) is 0 Å². The van der Waals surface area contributed by atoms with E-state index in [4.69, 9.17) is 4.42 Å². The lowest BCUT2D eigenvalue weighted by Gasteiger charge is -2.10. The summed E-state index contributed by atoms with van der Waals surface area (Å²) in [4.78, 5) is 23.2. The van der Waals surface area contributed by atoms with Crippen molar-refractivity contribution in [3.05, 3.63) is 49.2 Å². The van der Waals surface area contributed by atoms with Crippen molar-refractivity contribution < 1.29 is 19.1 Å². The number of carbonyl (C=O) groups is 2. The molecule has 104 valence electrons. The summed E-state index contributed by atoms with van der Waals surface area (Å²) in [5, 5.41) is 11.7. The molecule has 0 aliphatic rings. The number of benzene rings is 1. The smallest absolute Gasteiger partial charge is 0.337 e. The van der Waals surface area contributed by atoms with Crippen LogP contribution in [-0.4, -0.2) is 17.0 Å². The largest absolute Gasteiger partial charge is 0.478 e. The van der Waals surface area contributed by atoms with Crippen molar-refractivity contribution in [3.63, 3.8) is 0 Å². The van der Waals surface area contributed by atoms with Crippen molar-refractivity contribution in [1.29, 1.82) is 0 Å². The van der Waals surface area contributed by atoms with Crippen LogP contribution in [0, 0.1) is 0 Å². The van der Waals surface area contributed by atoms with Gasteiger partial charge in [0.25, 0.3) is 5.91 Å². The van der Waals surface area contributed by atoms with Crippen molar-refractivity contribution in [2.45, 2.75) is 0 Å². The van der Waals surface area contributed by atoms with Crippen LogP contribution < -0.4 is 5.32 Å². The van der Waals surface area contributed by atoms with E-state index in [1.54, 1.807) is 12.1 Å². The molecular weight excluding hydrogens is 462 g/mol. The van der Waals surface area contributed by atoms with Gasteiger partial charge in [-0.2, -0.15) is 0 Å². The second-order valence-corrected chi connectivity index (χ2v) is 6.22. The van der Waals surface area contributed by atoms with E-state index in [9.17, 15) is 14.7 Å². The molecule has 0 aliphatic carbocycles. The highest BCUT2D eigenvalue weighted by atomic mass is 79.9. The monoisotopic (exact) mass is 465 g/mol. The minimum absolute atomic E-state index is 0.0368. The molecule has 0 bridgehead atoms. The molecule has 0 fully saturated rings. The molecular formula is C12H6Br3NO4. The molecule has 0 radical (unpaired) electrons. The van der Waals surface area contributed by atoms with Crippen LogP contribution in [0.1, 0.15) is 20.9 Å². The maximum atomic E-state index is 12.0. The maximum absolute atomic E-state index is 12.0. The van der Waals surface area contributed by atoms with Gasteiger partial charge < -0.3 is 14.8 Å². The van der Waals surface area contributed by atoms with Crippen LogP contribution >= 0.6 is 47.8 Å². The summed E-state index contributed by atoms with van der Waals surface area (Å²) in [6.07, 6.45) is 0. The number of carboxylic acids is 1. The zero-order valence-corrected chi connectivity index (χ0v) is 14.4. The Morgan fingerprint density at radius 2 is 1.85 bits per heavy atom. The first-order valence-electron chi connectivity index (χ1n) is 5.17. The summed E-state index contributed by atoms with van der Waals surface area (Å²) >= 11 is 9.52. The molecule has 0 saturated carbocycles. The molecule has 2 rings (SSSR count). The second kappa shape index (κ2) is 6.11.